The summed E-state index contributed by atoms with van der Waals surface area (Å²) in [6.07, 6.45) is 5.44. The third-order valence-electron chi connectivity index (χ3n) is 9.61. The summed E-state index contributed by atoms with van der Waals surface area (Å²) >= 11 is 0. The Balaban J connectivity index is 1.22. The van der Waals surface area contributed by atoms with Crippen LogP contribution >= 0.6 is 0 Å². The molecule has 0 atom stereocenters. The van der Waals surface area contributed by atoms with Crippen molar-refractivity contribution >= 4 is 23.5 Å². The van der Waals surface area contributed by atoms with Crippen molar-refractivity contribution in [3.63, 3.8) is 0 Å². The van der Waals surface area contributed by atoms with Gasteiger partial charge in [0.05, 0.1) is 18.8 Å². The van der Waals surface area contributed by atoms with Crippen LogP contribution in [0.3, 0.4) is 0 Å². The topological polar surface area (TPSA) is 101 Å². The van der Waals surface area contributed by atoms with E-state index in [9.17, 15) is 18.4 Å². The number of anilines is 2. The minimum atomic E-state index is -2.65. The van der Waals surface area contributed by atoms with Crippen molar-refractivity contribution in [3.05, 3.63) is 46.9 Å². The Labute approximate surface area is 281 Å². The van der Waals surface area contributed by atoms with E-state index >= 15 is 0 Å². The van der Waals surface area contributed by atoms with E-state index in [0.29, 0.717) is 43.7 Å². The molecule has 3 aromatic rings. The summed E-state index contributed by atoms with van der Waals surface area (Å²) in [6.45, 7) is 12.2. The lowest BCUT2D eigenvalue weighted by atomic mass is 9.92. The number of rotatable bonds is 8. The van der Waals surface area contributed by atoms with Crippen LogP contribution in [0.4, 0.5) is 25.1 Å². The largest absolute Gasteiger partial charge is 0.444 e. The van der Waals surface area contributed by atoms with Crippen LogP contribution in [0.1, 0.15) is 88.2 Å². The number of nitrogens with zero attached hydrogens (tertiary/aromatic N) is 7. The number of alkyl carbamates (subject to hydrolysis) is 1. The Hall–Kier alpha value is -4.00. The molecule has 5 heterocycles. The summed E-state index contributed by atoms with van der Waals surface area (Å²) in [4.78, 5) is 30.9. The van der Waals surface area contributed by atoms with E-state index in [1.807, 2.05) is 31.7 Å². The molecule has 3 aliphatic rings. The summed E-state index contributed by atoms with van der Waals surface area (Å²) in [5.41, 5.74) is 4.62. The van der Waals surface area contributed by atoms with Crippen molar-refractivity contribution in [2.24, 2.45) is 7.05 Å². The molecule has 2 aromatic heterocycles. The molecule has 260 valence electrons. The number of ether oxygens (including phenoxy) is 1. The number of amides is 2. The Morgan fingerprint density at radius 2 is 1.88 bits per heavy atom. The van der Waals surface area contributed by atoms with Crippen molar-refractivity contribution in [3.8, 4) is 11.1 Å². The van der Waals surface area contributed by atoms with Gasteiger partial charge in [-0.15, -0.1) is 0 Å². The third-order valence-corrected chi connectivity index (χ3v) is 9.61. The van der Waals surface area contributed by atoms with E-state index in [-0.39, 0.29) is 23.6 Å². The minimum Gasteiger partial charge on any atom is -0.444 e. The van der Waals surface area contributed by atoms with Gasteiger partial charge < -0.3 is 24.8 Å². The summed E-state index contributed by atoms with van der Waals surface area (Å²) in [6, 6.07) is 3.76. The smallest absolute Gasteiger partial charge is 0.407 e. The van der Waals surface area contributed by atoms with Crippen molar-refractivity contribution in [1.29, 1.82) is 0 Å². The van der Waals surface area contributed by atoms with Gasteiger partial charge in [-0.2, -0.15) is 10.2 Å². The molecule has 1 saturated heterocycles. The van der Waals surface area contributed by atoms with Gasteiger partial charge in [0.2, 0.25) is 5.91 Å². The predicted molar refractivity (Wildman–Crippen MR) is 180 cm³/mol. The van der Waals surface area contributed by atoms with Crippen molar-refractivity contribution < 1.29 is 23.1 Å². The number of aryl methyl sites for hydroxylation is 2. The lowest BCUT2D eigenvalue weighted by molar-refractivity contribution is -0.129. The van der Waals surface area contributed by atoms with Crippen LogP contribution in [0.25, 0.3) is 11.1 Å². The molecular weight excluding hydrogens is 618 g/mol. The van der Waals surface area contributed by atoms with E-state index in [2.05, 4.69) is 24.9 Å². The van der Waals surface area contributed by atoms with Crippen LogP contribution < -0.4 is 10.2 Å². The second kappa shape index (κ2) is 13.9. The first-order valence-electron chi connectivity index (χ1n) is 17.1. The van der Waals surface area contributed by atoms with Crippen molar-refractivity contribution in [2.45, 2.75) is 90.8 Å². The fraction of sp³-hybridized carbons (Fsp3) is 0.600. The highest BCUT2D eigenvalue weighted by atomic mass is 19.3. The number of carbonyl (C=O) groups is 2. The summed E-state index contributed by atoms with van der Waals surface area (Å²) < 4.78 is 38.3. The number of aromatic nitrogens is 4. The molecule has 13 heteroatoms. The normalized spacial score (nSPS) is 17.4. The number of carbonyl (C=O) groups excluding carboxylic acids is 2. The molecule has 0 unspecified atom stereocenters. The second-order valence-electron chi connectivity index (χ2n) is 14.3. The Morgan fingerprint density at radius 3 is 2.54 bits per heavy atom. The zero-order chi connectivity index (χ0) is 34.2. The van der Waals surface area contributed by atoms with Gasteiger partial charge in [-0.1, -0.05) is 0 Å². The van der Waals surface area contributed by atoms with Crippen molar-refractivity contribution in [1.82, 2.24) is 34.7 Å². The molecule has 1 aromatic carbocycles. The van der Waals surface area contributed by atoms with Gasteiger partial charge in [0, 0.05) is 87.4 Å². The number of piperidine rings is 1. The van der Waals surface area contributed by atoms with Gasteiger partial charge >= 0.3 is 6.09 Å². The second-order valence-corrected chi connectivity index (χ2v) is 14.3. The average molecular weight is 667 g/mol. The maximum Gasteiger partial charge on any atom is 0.407 e. The van der Waals surface area contributed by atoms with Gasteiger partial charge in [-0.05, 0) is 82.7 Å². The standard InChI is InChI=1S/C35H48F2N8O3/c1-23(46)43-17-11-30-29(22-43)33(40-45(30)26-9-15-42(16-10-26)13-7-12-38-34(47)48-35(2,3)4)44-14-6-8-24-18-27(25-20-39-41(5)21-25)28(32(36)37)19-31(24)44/h18-21,26,32H,6-17,22H2,1-5H3,(H,38,47). The minimum absolute atomic E-state index is 0.0130. The first-order chi connectivity index (χ1) is 22.9. The van der Waals surface area contributed by atoms with Crippen LogP contribution in [0.15, 0.2) is 24.5 Å². The molecule has 0 saturated carbocycles. The Morgan fingerprint density at radius 1 is 1.10 bits per heavy atom. The maximum atomic E-state index is 14.6. The van der Waals surface area contributed by atoms with Gasteiger partial charge in [0.1, 0.15) is 5.60 Å². The molecule has 48 heavy (non-hydrogen) atoms. The highest BCUT2D eigenvalue weighted by molar-refractivity contribution is 5.78. The van der Waals surface area contributed by atoms with E-state index in [1.54, 1.807) is 37.1 Å². The first-order valence-corrected chi connectivity index (χ1v) is 17.1. The molecular formula is C35H48F2N8O3. The number of likely N-dealkylation sites (tertiary alicyclic amines) is 1. The van der Waals surface area contributed by atoms with E-state index in [0.717, 1.165) is 80.1 Å². The van der Waals surface area contributed by atoms with Gasteiger partial charge in [-0.3, -0.25) is 14.2 Å². The summed E-state index contributed by atoms with van der Waals surface area (Å²) in [7, 11) is 1.78. The zero-order valence-corrected chi connectivity index (χ0v) is 28.8. The number of nitrogens with one attached hydrogen (secondary N) is 1. The third kappa shape index (κ3) is 7.35. The van der Waals surface area contributed by atoms with Crippen LogP contribution in [0.5, 0.6) is 0 Å². The molecule has 1 N–H and O–H groups in total. The number of hydrogen-bond acceptors (Lipinski definition) is 7. The first kappa shape index (κ1) is 33.9. The molecule has 0 radical (unpaired) electrons. The Kier molecular flexibility index (Phi) is 9.78. The molecule has 3 aliphatic heterocycles. The van der Waals surface area contributed by atoms with Gasteiger partial charge in [0.15, 0.2) is 5.82 Å². The number of benzene rings is 1. The highest BCUT2D eigenvalue weighted by Gasteiger charge is 2.34. The summed E-state index contributed by atoms with van der Waals surface area (Å²) in [5, 5.41) is 12.3. The highest BCUT2D eigenvalue weighted by Crippen LogP contribution is 2.43. The number of hydrogen-bond donors (Lipinski definition) is 1. The molecule has 1 fully saturated rings. The maximum absolute atomic E-state index is 14.6. The molecule has 0 bridgehead atoms. The molecule has 6 rings (SSSR count). The van der Waals surface area contributed by atoms with E-state index in [4.69, 9.17) is 9.84 Å². The molecule has 0 spiro atoms. The van der Waals surface area contributed by atoms with Crippen LogP contribution in [0, 0.1) is 0 Å². The van der Waals surface area contributed by atoms with Gasteiger partial charge in [-0.25, -0.2) is 13.6 Å². The lowest BCUT2D eigenvalue weighted by Crippen LogP contribution is -2.39. The lowest BCUT2D eigenvalue weighted by Gasteiger charge is -2.34. The van der Waals surface area contributed by atoms with Crippen LogP contribution in [-0.4, -0.2) is 86.2 Å². The average Bonchev–Trinajstić information content (AvgIpc) is 3.65. The van der Waals surface area contributed by atoms with Crippen LogP contribution in [-0.2, 0) is 36.0 Å². The van der Waals surface area contributed by atoms with Gasteiger partial charge in [0.25, 0.3) is 6.43 Å². The quantitative estimate of drug-likeness (QED) is 0.305. The zero-order valence-electron chi connectivity index (χ0n) is 28.8. The van der Waals surface area contributed by atoms with E-state index < -0.39 is 12.0 Å². The number of halogens is 2. The molecule has 11 nitrogen and oxygen atoms in total. The monoisotopic (exact) mass is 666 g/mol. The Bertz CT molecular complexity index is 1640. The summed E-state index contributed by atoms with van der Waals surface area (Å²) in [5.74, 6) is 0.802. The SMILES string of the molecule is CC(=O)N1CCc2c(c(N3CCCc4cc(-c5cnn(C)c5)c(C(F)F)cc43)nn2C2CCN(CCCNC(=O)OC(C)(C)C)CC2)C1. The van der Waals surface area contributed by atoms with Crippen LogP contribution in [0.2, 0.25) is 0 Å². The number of fused-ring (bicyclic) bond motifs is 2. The number of alkyl halides is 2. The predicted octanol–water partition coefficient (Wildman–Crippen LogP) is 5.76. The molecule has 2 amide bonds. The fourth-order valence-electron chi connectivity index (χ4n) is 7.27. The fourth-order valence-corrected chi connectivity index (χ4v) is 7.27. The van der Waals surface area contributed by atoms with Crippen molar-refractivity contribution in [2.75, 3.05) is 44.2 Å². The van der Waals surface area contributed by atoms with E-state index in [1.165, 1.54) is 0 Å². The molecule has 0 aliphatic carbocycles.